The first-order chi connectivity index (χ1) is 6.63. The van der Waals surface area contributed by atoms with E-state index < -0.39 is 6.10 Å². The van der Waals surface area contributed by atoms with Gasteiger partial charge in [-0.1, -0.05) is 24.6 Å². The van der Waals surface area contributed by atoms with E-state index in [2.05, 4.69) is 0 Å². The van der Waals surface area contributed by atoms with Crippen LogP contribution in [-0.2, 0) is 4.79 Å². The average Bonchev–Trinajstić information content (AvgIpc) is 2.16. The maximum absolute atomic E-state index is 11.2. The standard InChI is InChI=1S/C11H13ClO2/c1-3-11(13)8(2)14-10-6-4-5-9(12)7-10/h4-8H,3H2,1-2H3. The van der Waals surface area contributed by atoms with Gasteiger partial charge in [-0.15, -0.1) is 0 Å². The van der Waals surface area contributed by atoms with Crippen LogP contribution in [0.2, 0.25) is 5.02 Å². The van der Waals surface area contributed by atoms with Crippen LogP contribution >= 0.6 is 11.6 Å². The highest BCUT2D eigenvalue weighted by Gasteiger charge is 2.11. The summed E-state index contributed by atoms with van der Waals surface area (Å²) in [6.45, 7) is 3.56. The molecule has 0 radical (unpaired) electrons. The van der Waals surface area contributed by atoms with Crippen LogP contribution in [-0.4, -0.2) is 11.9 Å². The lowest BCUT2D eigenvalue weighted by molar-refractivity contribution is -0.124. The van der Waals surface area contributed by atoms with Gasteiger partial charge in [0.15, 0.2) is 11.9 Å². The topological polar surface area (TPSA) is 26.3 Å². The van der Waals surface area contributed by atoms with Crippen LogP contribution in [0.3, 0.4) is 0 Å². The van der Waals surface area contributed by atoms with Crippen molar-refractivity contribution < 1.29 is 9.53 Å². The molecule has 1 rings (SSSR count). The molecule has 76 valence electrons. The molecule has 0 aliphatic heterocycles. The van der Waals surface area contributed by atoms with Crippen molar-refractivity contribution in [2.45, 2.75) is 26.4 Å². The summed E-state index contributed by atoms with van der Waals surface area (Å²) in [6, 6.07) is 7.04. The number of benzene rings is 1. The van der Waals surface area contributed by atoms with Crippen LogP contribution < -0.4 is 4.74 Å². The summed E-state index contributed by atoms with van der Waals surface area (Å²) in [6.07, 6.45) is 0.0836. The predicted octanol–water partition coefficient (Wildman–Crippen LogP) is 3.09. The molecule has 0 aliphatic carbocycles. The molecule has 0 spiro atoms. The molecule has 1 atom stereocenters. The van der Waals surface area contributed by atoms with Gasteiger partial charge in [0.1, 0.15) is 5.75 Å². The molecule has 0 bridgehead atoms. The van der Waals surface area contributed by atoms with Gasteiger partial charge < -0.3 is 4.74 Å². The highest BCUT2D eigenvalue weighted by atomic mass is 35.5. The first kappa shape index (κ1) is 11.1. The van der Waals surface area contributed by atoms with Crippen molar-refractivity contribution in [1.29, 1.82) is 0 Å². The molecular formula is C11H13ClO2. The van der Waals surface area contributed by atoms with Gasteiger partial charge in [0, 0.05) is 11.4 Å². The molecule has 14 heavy (non-hydrogen) atoms. The Bertz CT molecular complexity index is 323. The second-order valence-electron chi connectivity index (χ2n) is 3.04. The lowest BCUT2D eigenvalue weighted by atomic mass is 10.2. The monoisotopic (exact) mass is 212 g/mol. The maximum atomic E-state index is 11.2. The fourth-order valence-electron chi connectivity index (χ4n) is 1.10. The molecule has 0 heterocycles. The molecule has 0 aromatic heterocycles. The number of ether oxygens (including phenoxy) is 1. The zero-order chi connectivity index (χ0) is 10.6. The Morgan fingerprint density at radius 1 is 1.57 bits per heavy atom. The van der Waals surface area contributed by atoms with Gasteiger partial charge in [0.25, 0.3) is 0 Å². The lowest BCUT2D eigenvalue weighted by Gasteiger charge is -2.12. The number of Topliss-reactive ketones (excluding diaryl/α,β-unsaturated/α-hetero) is 1. The number of halogens is 1. The third-order valence-electron chi connectivity index (χ3n) is 1.91. The van der Waals surface area contributed by atoms with E-state index in [0.29, 0.717) is 17.2 Å². The minimum Gasteiger partial charge on any atom is -0.483 e. The molecule has 2 nitrogen and oxygen atoms in total. The molecule has 0 N–H and O–H groups in total. The quantitative estimate of drug-likeness (QED) is 0.767. The third kappa shape index (κ3) is 3.04. The van der Waals surface area contributed by atoms with E-state index in [4.69, 9.17) is 16.3 Å². The molecule has 1 unspecified atom stereocenters. The van der Waals surface area contributed by atoms with Gasteiger partial charge in [-0.25, -0.2) is 0 Å². The average molecular weight is 213 g/mol. The normalized spacial score (nSPS) is 12.2. The molecule has 0 aliphatic rings. The van der Waals surface area contributed by atoms with Crippen molar-refractivity contribution in [2.75, 3.05) is 0 Å². The molecular weight excluding hydrogens is 200 g/mol. The first-order valence-electron chi connectivity index (χ1n) is 4.58. The van der Waals surface area contributed by atoms with Crippen LogP contribution in [0.25, 0.3) is 0 Å². The van der Waals surface area contributed by atoms with E-state index in [9.17, 15) is 4.79 Å². The minimum absolute atomic E-state index is 0.0879. The fourth-order valence-corrected chi connectivity index (χ4v) is 1.28. The van der Waals surface area contributed by atoms with Gasteiger partial charge >= 0.3 is 0 Å². The number of carbonyl (C=O) groups excluding carboxylic acids is 1. The van der Waals surface area contributed by atoms with Crippen LogP contribution in [0, 0.1) is 0 Å². The van der Waals surface area contributed by atoms with Gasteiger partial charge in [-0.05, 0) is 25.1 Å². The highest BCUT2D eigenvalue weighted by molar-refractivity contribution is 6.30. The first-order valence-corrected chi connectivity index (χ1v) is 4.96. The summed E-state index contributed by atoms with van der Waals surface area (Å²) >= 11 is 5.78. The Hall–Kier alpha value is -1.02. The van der Waals surface area contributed by atoms with Crippen LogP contribution in [0.4, 0.5) is 0 Å². The summed E-state index contributed by atoms with van der Waals surface area (Å²) in [7, 11) is 0. The van der Waals surface area contributed by atoms with Gasteiger partial charge in [0.2, 0.25) is 0 Å². The molecule has 0 saturated heterocycles. The number of carbonyl (C=O) groups is 1. The maximum Gasteiger partial charge on any atom is 0.172 e. The zero-order valence-corrected chi connectivity index (χ0v) is 9.04. The second-order valence-corrected chi connectivity index (χ2v) is 3.47. The third-order valence-corrected chi connectivity index (χ3v) is 2.15. The summed E-state index contributed by atoms with van der Waals surface area (Å²) in [5, 5.41) is 0.610. The zero-order valence-electron chi connectivity index (χ0n) is 8.29. The Morgan fingerprint density at radius 3 is 2.86 bits per heavy atom. The summed E-state index contributed by atoms with van der Waals surface area (Å²) in [5.41, 5.74) is 0. The summed E-state index contributed by atoms with van der Waals surface area (Å²) < 4.78 is 5.41. The smallest absolute Gasteiger partial charge is 0.172 e. The number of ketones is 1. The van der Waals surface area contributed by atoms with Crippen molar-refractivity contribution in [1.82, 2.24) is 0 Å². The number of rotatable bonds is 4. The molecule has 0 saturated carbocycles. The molecule has 3 heteroatoms. The fraction of sp³-hybridized carbons (Fsp3) is 0.364. The van der Waals surface area contributed by atoms with Crippen molar-refractivity contribution in [3.63, 3.8) is 0 Å². The number of hydrogen-bond acceptors (Lipinski definition) is 2. The van der Waals surface area contributed by atoms with Crippen molar-refractivity contribution in [3.05, 3.63) is 29.3 Å². The van der Waals surface area contributed by atoms with Gasteiger partial charge in [0.05, 0.1) is 0 Å². The molecule has 0 amide bonds. The van der Waals surface area contributed by atoms with E-state index in [0.717, 1.165) is 0 Å². The van der Waals surface area contributed by atoms with E-state index in [1.807, 2.05) is 6.92 Å². The van der Waals surface area contributed by atoms with E-state index >= 15 is 0 Å². The van der Waals surface area contributed by atoms with Gasteiger partial charge in [-0.3, -0.25) is 4.79 Å². The van der Waals surface area contributed by atoms with E-state index in [1.54, 1.807) is 31.2 Å². The Kier molecular flexibility index (Phi) is 3.96. The lowest BCUT2D eigenvalue weighted by Crippen LogP contribution is -2.22. The van der Waals surface area contributed by atoms with Gasteiger partial charge in [-0.2, -0.15) is 0 Å². The minimum atomic E-state index is -0.404. The van der Waals surface area contributed by atoms with Crippen LogP contribution in [0.15, 0.2) is 24.3 Å². The summed E-state index contributed by atoms with van der Waals surface area (Å²) in [5.74, 6) is 0.719. The van der Waals surface area contributed by atoms with Crippen LogP contribution in [0.1, 0.15) is 20.3 Å². The molecule has 1 aromatic rings. The SMILES string of the molecule is CCC(=O)C(C)Oc1cccc(Cl)c1. The van der Waals surface area contributed by atoms with E-state index in [1.165, 1.54) is 0 Å². The predicted molar refractivity (Wildman–Crippen MR) is 56.8 cm³/mol. The molecule has 1 aromatic carbocycles. The van der Waals surface area contributed by atoms with Crippen molar-refractivity contribution in [3.8, 4) is 5.75 Å². The largest absolute Gasteiger partial charge is 0.483 e. The van der Waals surface area contributed by atoms with Crippen molar-refractivity contribution in [2.24, 2.45) is 0 Å². The van der Waals surface area contributed by atoms with E-state index in [-0.39, 0.29) is 5.78 Å². The van der Waals surface area contributed by atoms with Crippen LogP contribution in [0.5, 0.6) is 5.75 Å². The highest BCUT2D eigenvalue weighted by Crippen LogP contribution is 2.18. The Balaban J connectivity index is 2.64. The van der Waals surface area contributed by atoms with Crippen molar-refractivity contribution >= 4 is 17.4 Å². The Morgan fingerprint density at radius 2 is 2.29 bits per heavy atom. The summed E-state index contributed by atoms with van der Waals surface area (Å²) in [4.78, 5) is 11.2. The number of hydrogen-bond donors (Lipinski definition) is 0. The molecule has 0 fully saturated rings. The Labute approximate surface area is 88.8 Å². The second kappa shape index (κ2) is 5.01.